The second-order valence-electron chi connectivity index (χ2n) is 7.32. The summed E-state index contributed by atoms with van der Waals surface area (Å²) in [5.41, 5.74) is 6.16. The van der Waals surface area contributed by atoms with Crippen molar-refractivity contribution in [2.24, 2.45) is 5.92 Å². The molecule has 0 radical (unpaired) electrons. The fraction of sp³-hybridized carbons (Fsp3) is 0.400. The smallest absolute Gasteiger partial charge is 0.321 e. The van der Waals surface area contributed by atoms with Gasteiger partial charge in [-0.05, 0) is 72.6 Å². The van der Waals surface area contributed by atoms with Gasteiger partial charge in [-0.2, -0.15) is 0 Å². The van der Waals surface area contributed by atoms with Crippen molar-refractivity contribution in [2.75, 3.05) is 0 Å². The molecule has 4 rings (SSSR count). The molecule has 1 aromatic carbocycles. The minimum absolute atomic E-state index is 0.227. The first-order valence-corrected chi connectivity index (χ1v) is 10.1. The van der Waals surface area contributed by atoms with Gasteiger partial charge in [0.2, 0.25) is 0 Å². The van der Waals surface area contributed by atoms with Crippen LogP contribution in [0.4, 0.5) is 0 Å². The van der Waals surface area contributed by atoms with Gasteiger partial charge in [0.15, 0.2) is 0 Å². The zero-order chi connectivity index (χ0) is 17.3. The van der Waals surface area contributed by atoms with E-state index in [4.69, 9.17) is 4.52 Å². The first kappa shape index (κ1) is 16.1. The Morgan fingerprint density at radius 3 is 2.54 bits per heavy atom. The van der Waals surface area contributed by atoms with Gasteiger partial charge in [-0.1, -0.05) is 31.2 Å². The van der Waals surface area contributed by atoms with Crippen molar-refractivity contribution in [2.45, 2.75) is 46.1 Å². The molecule has 3 aliphatic rings. The molecule has 0 aromatic heterocycles. The molecule has 3 nitrogen and oxygen atoms in total. The molecule has 3 atom stereocenters. The van der Waals surface area contributed by atoms with Crippen molar-refractivity contribution in [1.82, 2.24) is 0 Å². The van der Waals surface area contributed by atoms with Crippen LogP contribution in [0.15, 0.2) is 51.9 Å². The number of benzene rings is 1. The van der Waals surface area contributed by atoms with Crippen molar-refractivity contribution >= 4 is 13.7 Å². The minimum atomic E-state index is -3.86. The van der Waals surface area contributed by atoms with Crippen LogP contribution in [-0.4, -0.2) is 10.5 Å². The largest absolute Gasteiger partial charge is 0.356 e. The molecule has 0 bridgehead atoms. The third-order valence-corrected chi connectivity index (χ3v) is 7.72. The van der Waals surface area contributed by atoms with Crippen molar-refractivity contribution in [3.63, 3.8) is 0 Å². The number of allylic oxidation sites excluding steroid dienone is 3. The summed E-state index contributed by atoms with van der Waals surface area (Å²) >= 11 is 0. The monoisotopic (exact) mass is 342 g/mol. The van der Waals surface area contributed by atoms with E-state index in [9.17, 15) is 9.46 Å². The molecule has 1 fully saturated rings. The predicted octanol–water partition coefficient (Wildman–Crippen LogP) is 5.23. The molecule has 1 saturated carbocycles. The van der Waals surface area contributed by atoms with Gasteiger partial charge in [0, 0.05) is 11.7 Å². The van der Waals surface area contributed by atoms with Crippen LogP contribution in [0.5, 0.6) is 0 Å². The van der Waals surface area contributed by atoms with E-state index in [1.165, 1.54) is 16.7 Å². The second kappa shape index (κ2) is 5.05. The predicted molar refractivity (Wildman–Crippen MR) is 96.6 cm³/mol. The van der Waals surface area contributed by atoms with Gasteiger partial charge in [0.25, 0.3) is 0 Å². The van der Waals surface area contributed by atoms with E-state index in [1.807, 2.05) is 37.3 Å². The summed E-state index contributed by atoms with van der Waals surface area (Å²) in [5.74, 6) is 0.227. The second-order valence-corrected chi connectivity index (χ2v) is 9.12. The fourth-order valence-corrected chi connectivity index (χ4v) is 6.10. The van der Waals surface area contributed by atoms with Crippen LogP contribution in [0.3, 0.4) is 0 Å². The zero-order valence-electron chi connectivity index (χ0n) is 14.6. The summed E-state index contributed by atoms with van der Waals surface area (Å²) in [4.78, 5) is 10.8. The lowest BCUT2D eigenvalue weighted by Gasteiger charge is -2.49. The molecule has 0 aliphatic heterocycles. The molecular weight excluding hydrogens is 319 g/mol. The Kier molecular flexibility index (Phi) is 3.38. The lowest BCUT2D eigenvalue weighted by molar-refractivity contribution is 0.0276. The van der Waals surface area contributed by atoms with Crippen LogP contribution in [0.2, 0.25) is 0 Å². The molecule has 1 N–H and O–H groups in total. The van der Waals surface area contributed by atoms with Gasteiger partial charge in [-0.3, -0.25) is 9.09 Å². The highest BCUT2D eigenvalue weighted by atomic mass is 31.2. The summed E-state index contributed by atoms with van der Waals surface area (Å²) in [5, 5.41) is 0.506. The molecule has 0 amide bonds. The van der Waals surface area contributed by atoms with Crippen molar-refractivity contribution < 1.29 is 14.0 Å². The molecule has 1 aromatic rings. The summed E-state index contributed by atoms with van der Waals surface area (Å²) in [7, 11) is -3.86. The number of hydrogen-bond donors (Lipinski definition) is 1. The van der Waals surface area contributed by atoms with E-state index < -0.39 is 13.2 Å². The van der Waals surface area contributed by atoms with Gasteiger partial charge >= 0.3 is 7.60 Å². The molecule has 3 unspecified atom stereocenters. The Hall–Kier alpha value is -1.41. The fourth-order valence-electron chi connectivity index (χ4n) is 4.49. The standard InChI is InChI=1S/C20H23O3P/c1-12-9-19-14(3)13(2)15(4)20(12,19)23-24(21,22)18-10-16-7-5-6-8-17(16)11-18/h5-8,10,12H,9,11H2,1-4H3,(H,21,22). The summed E-state index contributed by atoms with van der Waals surface area (Å²) < 4.78 is 19.2. The SMILES string of the molecule is CC1=C(C)C2(OP(=O)(O)C3=Cc4ccccc4C3)C(=C1C)CC2C. The first-order valence-electron chi connectivity index (χ1n) is 8.48. The number of fused-ring (bicyclic) bond motifs is 2. The maximum Gasteiger partial charge on any atom is 0.356 e. The maximum atomic E-state index is 13.1. The summed E-state index contributed by atoms with van der Waals surface area (Å²) in [6, 6.07) is 7.89. The van der Waals surface area contributed by atoms with Gasteiger partial charge in [-0.15, -0.1) is 0 Å². The average molecular weight is 342 g/mol. The van der Waals surface area contributed by atoms with Crippen LogP contribution >= 0.6 is 7.60 Å². The van der Waals surface area contributed by atoms with Crippen LogP contribution in [0, 0.1) is 5.92 Å². The van der Waals surface area contributed by atoms with Gasteiger partial charge in [-0.25, -0.2) is 0 Å². The zero-order valence-corrected chi connectivity index (χ0v) is 15.5. The lowest BCUT2D eigenvalue weighted by Crippen LogP contribution is -2.49. The molecule has 126 valence electrons. The third kappa shape index (κ3) is 1.95. The molecule has 0 saturated heterocycles. The Labute approximate surface area is 143 Å². The summed E-state index contributed by atoms with van der Waals surface area (Å²) in [6.07, 6.45) is 3.27. The Morgan fingerprint density at radius 1 is 1.21 bits per heavy atom. The van der Waals surface area contributed by atoms with E-state index >= 15 is 0 Å². The molecule has 0 spiro atoms. The van der Waals surface area contributed by atoms with Crippen LogP contribution in [-0.2, 0) is 15.5 Å². The van der Waals surface area contributed by atoms with E-state index in [0.29, 0.717) is 11.7 Å². The quantitative estimate of drug-likeness (QED) is 0.765. The van der Waals surface area contributed by atoms with Crippen LogP contribution in [0.1, 0.15) is 45.2 Å². The average Bonchev–Trinajstić information content (AvgIpc) is 3.04. The van der Waals surface area contributed by atoms with E-state index in [1.54, 1.807) is 0 Å². The highest BCUT2D eigenvalue weighted by Crippen LogP contribution is 2.67. The van der Waals surface area contributed by atoms with E-state index in [0.717, 1.165) is 23.1 Å². The highest BCUT2D eigenvalue weighted by molar-refractivity contribution is 7.57. The molecule has 24 heavy (non-hydrogen) atoms. The lowest BCUT2D eigenvalue weighted by atomic mass is 9.64. The number of rotatable bonds is 3. The molecular formula is C20H23O3P. The molecule has 3 aliphatic carbocycles. The minimum Gasteiger partial charge on any atom is -0.321 e. The van der Waals surface area contributed by atoms with Crippen molar-refractivity contribution in [1.29, 1.82) is 0 Å². The van der Waals surface area contributed by atoms with Gasteiger partial charge in [0.05, 0.1) is 0 Å². The van der Waals surface area contributed by atoms with Crippen LogP contribution in [0.25, 0.3) is 6.08 Å². The Bertz CT molecular complexity index is 870. The molecule has 4 heteroatoms. The number of hydrogen-bond acceptors (Lipinski definition) is 2. The maximum absolute atomic E-state index is 13.1. The van der Waals surface area contributed by atoms with E-state index in [-0.39, 0.29) is 5.92 Å². The highest BCUT2D eigenvalue weighted by Gasteiger charge is 2.58. The normalized spacial score (nSPS) is 30.7. The van der Waals surface area contributed by atoms with Crippen LogP contribution < -0.4 is 0 Å². The van der Waals surface area contributed by atoms with Gasteiger partial charge < -0.3 is 4.89 Å². The van der Waals surface area contributed by atoms with E-state index in [2.05, 4.69) is 20.8 Å². The Balaban J connectivity index is 1.70. The Morgan fingerprint density at radius 2 is 1.92 bits per heavy atom. The molecule has 0 heterocycles. The van der Waals surface area contributed by atoms with Crippen molar-refractivity contribution in [3.05, 3.63) is 63.0 Å². The topological polar surface area (TPSA) is 46.5 Å². The first-order chi connectivity index (χ1) is 11.3. The third-order valence-electron chi connectivity index (χ3n) is 6.17. The van der Waals surface area contributed by atoms with Crippen molar-refractivity contribution in [3.8, 4) is 0 Å². The van der Waals surface area contributed by atoms with Gasteiger partial charge in [0.1, 0.15) is 5.60 Å². The summed E-state index contributed by atoms with van der Waals surface area (Å²) in [6.45, 7) is 8.33.